The van der Waals surface area contributed by atoms with Gasteiger partial charge in [-0.15, -0.1) is 0 Å². The van der Waals surface area contributed by atoms with Crippen LogP contribution < -0.4 is 0 Å². The largest absolute Gasteiger partial charge is 0.301 e. The quantitative estimate of drug-likeness (QED) is 0.699. The molecule has 1 heterocycles. The molecule has 0 N–H and O–H groups in total. The van der Waals surface area contributed by atoms with Crippen molar-refractivity contribution in [1.82, 2.24) is 9.80 Å². The number of piperazine rings is 1. The van der Waals surface area contributed by atoms with Crippen molar-refractivity contribution in [3.05, 3.63) is 0 Å². The zero-order chi connectivity index (χ0) is 10.7. The zero-order valence-electron chi connectivity index (χ0n) is 9.71. The minimum absolute atomic E-state index is 0.0222. The summed E-state index contributed by atoms with van der Waals surface area (Å²) in [6, 6.07) is 2.53. The predicted octanol–water partition coefficient (Wildman–Crippen LogP) is 1.32. The molecule has 84 valence electrons. The van der Waals surface area contributed by atoms with Crippen molar-refractivity contribution >= 4 is 0 Å². The Bertz CT molecular complexity index is 244. The predicted molar refractivity (Wildman–Crippen MR) is 60.5 cm³/mol. The third-order valence-corrected chi connectivity index (χ3v) is 3.99. The molecule has 0 radical (unpaired) electrons. The van der Waals surface area contributed by atoms with Crippen molar-refractivity contribution in [3.8, 4) is 6.07 Å². The highest BCUT2D eigenvalue weighted by atomic mass is 15.3. The molecule has 1 saturated heterocycles. The van der Waals surface area contributed by atoms with Crippen molar-refractivity contribution in [3.63, 3.8) is 0 Å². The molecule has 1 aliphatic heterocycles. The zero-order valence-corrected chi connectivity index (χ0v) is 9.71. The number of nitrogens with zero attached hydrogens (tertiary/aromatic N) is 3. The second-order valence-electron chi connectivity index (χ2n) is 4.96. The summed E-state index contributed by atoms with van der Waals surface area (Å²) in [7, 11) is 0. The molecule has 3 heteroatoms. The summed E-state index contributed by atoms with van der Waals surface area (Å²) in [5.41, 5.74) is 0.0222. The second-order valence-corrected chi connectivity index (χ2v) is 4.96. The first kappa shape index (κ1) is 10.9. The average molecular weight is 207 g/mol. The molecule has 1 aliphatic carbocycles. The molecule has 0 bridgehead atoms. The van der Waals surface area contributed by atoms with Crippen LogP contribution in [0.5, 0.6) is 0 Å². The normalized spacial score (nSPS) is 26.9. The van der Waals surface area contributed by atoms with E-state index in [2.05, 4.69) is 22.8 Å². The Morgan fingerprint density at radius 1 is 1.13 bits per heavy atom. The monoisotopic (exact) mass is 207 g/mol. The van der Waals surface area contributed by atoms with Crippen LogP contribution in [0.1, 0.15) is 26.2 Å². The van der Waals surface area contributed by atoms with Gasteiger partial charge >= 0.3 is 0 Å². The molecule has 15 heavy (non-hydrogen) atoms. The van der Waals surface area contributed by atoms with E-state index in [-0.39, 0.29) is 5.41 Å². The van der Waals surface area contributed by atoms with Crippen LogP contribution in [0.3, 0.4) is 0 Å². The van der Waals surface area contributed by atoms with Crippen molar-refractivity contribution in [2.45, 2.75) is 26.2 Å². The summed E-state index contributed by atoms with van der Waals surface area (Å²) in [6.07, 6.45) is 3.50. The highest BCUT2D eigenvalue weighted by Gasteiger charge is 2.39. The van der Waals surface area contributed by atoms with Gasteiger partial charge in [-0.3, -0.25) is 4.90 Å². The maximum absolute atomic E-state index is 9.18. The molecule has 0 aromatic rings. The Labute approximate surface area is 92.7 Å². The number of likely N-dealkylation sites (N-methyl/N-ethyl adjacent to an activating group) is 1. The van der Waals surface area contributed by atoms with Gasteiger partial charge in [-0.1, -0.05) is 13.3 Å². The van der Waals surface area contributed by atoms with Crippen LogP contribution in [0.25, 0.3) is 0 Å². The fourth-order valence-electron chi connectivity index (χ4n) is 2.60. The standard InChI is InChI=1S/C12H21N3/c1-2-14-6-8-15(9-7-14)11-12(10-13)4-3-5-12/h2-9,11H2,1H3. The summed E-state index contributed by atoms with van der Waals surface area (Å²) in [6.45, 7) is 9.06. The second kappa shape index (κ2) is 4.51. The van der Waals surface area contributed by atoms with Crippen LogP contribution in [0.2, 0.25) is 0 Å². The Kier molecular flexibility index (Phi) is 3.28. The first-order valence-electron chi connectivity index (χ1n) is 6.14. The van der Waals surface area contributed by atoms with Crippen molar-refractivity contribution in [2.24, 2.45) is 5.41 Å². The molecule has 2 aliphatic rings. The number of hydrogen-bond acceptors (Lipinski definition) is 3. The number of rotatable bonds is 3. The third-order valence-electron chi connectivity index (χ3n) is 3.99. The maximum atomic E-state index is 9.18. The Hall–Kier alpha value is -0.590. The SMILES string of the molecule is CCN1CCN(CC2(C#N)CCC2)CC1. The van der Waals surface area contributed by atoms with Gasteiger partial charge in [-0.05, 0) is 19.4 Å². The van der Waals surface area contributed by atoms with Crippen LogP contribution in [0.4, 0.5) is 0 Å². The lowest BCUT2D eigenvalue weighted by atomic mass is 9.69. The first-order valence-corrected chi connectivity index (χ1v) is 6.14. The van der Waals surface area contributed by atoms with Crippen LogP contribution in [-0.2, 0) is 0 Å². The van der Waals surface area contributed by atoms with Gasteiger partial charge in [-0.2, -0.15) is 5.26 Å². The number of hydrogen-bond donors (Lipinski definition) is 0. The van der Waals surface area contributed by atoms with Gasteiger partial charge in [-0.25, -0.2) is 0 Å². The Balaban J connectivity index is 1.79. The van der Waals surface area contributed by atoms with E-state index in [1.54, 1.807) is 0 Å². The lowest BCUT2D eigenvalue weighted by Crippen LogP contribution is -2.50. The van der Waals surface area contributed by atoms with Crippen molar-refractivity contribution in [1.29, 1.82) is 5.26 Å². The Morgan fingerprint density at radius 2 is 1.73 bits per heavy atom. The molecule has 0 unspecified atom stereocenters. The highest BCUT2D eigenvalue weighted by molar-refractivity contribution is 5.06. The van der Waals surface area contributed by atoms with Gasteiger partial charge in [0.15, 0.2) is 0 Å². The molecule has 0 aromatic heterocycles. The fraction of sp³-hybridized carbons (Fsp3) is 0.917. The molecule has 3 nitrogen and oxygen atoms in total. The van der Waals surface area contributed by atoms with E-state index < -0.39 is 0 Å². The number of nitriles is 1. The average Bonchev–Trinajstić information content (AvgIpc) is 2.24. The van der Waals surface area contributed by atoms with Crippen LogP contribution in [-0.4, -0.2) is 49.1 Å². The van der Waals surface area contributed by atoms with Gasteiger partial charge in [0.2, 0.25) is 0 Å². The summed E-state index contributed by atoms with van der Waals surface area (Å²) in [4.78, 5) is 4.96. The third kappa shape index (κ3) is 2.32. The van der Waals surface area contributed by atoms with E-state index in [1.165, 1.54) is 19.5 Å². The van der Waals surface area contributed by atoms with Crippen molar-refractivity contribution in [2.75, 3.05) is 39.3 Å². The summed E-state index contributed by atoms with van der Waals surface area (Å²) >= 11 is 0. The molecule has 1 saturated carbocycles. The van der Waals surface area contributed by atoms with E-state index in [0.717, 1.165) is 39.0 Å². The molecular weight excluding hydrogens is 186 g/mol. The topological polar surface area (TPSA) is 30.3 Å². The van der Waals surface area contributed by atoms with Gasteiger partial charge in [0.05, 0.1) is 11.5 Å². The van der Waals surface area contributed by atoms with E-state index in [9.17, 15) is 5.26 Å². The Morgan fingerprint density at radius 3 is 2.13 bits per heavy atom. The molecule has 2 fully saturated rings. The van der Waals surface area contributed by atoms with Gasteiger partial charge < -0.3 is 4.90 Å². The summed E-state index contributed by atoms with van der Waals surface area (Å²) < 4.78 is 0. The minimum Gasteiger partial charge on any atom is -0.301 e. The molecular formula is C12H21N3. The van der Waals surface area contributed by atoms with Gasteiger partial charge in [0.1, 0.15) is 0 Å². The van der Waals surface area contributed by atoms with E-state index in [0.29, 0.717) is 0 Å². The van der Waals surface area contributed by atoms with E-state index in [1.807, 2.05) is 0 Å². The first-order chi connectivity index (χ1) is 7.28. The molecule has 0 spiro atoms. The molecule has 2 rings (SSSR count). The maximum Gasteiger partial charge on any atom is 0.0703 e. The van der Waals surface area contributed by atoms with E-state index in [4.69, 9.17) is 0 Å². The molecule has 0 aromatic carbocycles. The van der Waals surface area contributed by atoms with E-state index >= 15 is 0 Å². The van der Waals surface area contributed by atoms with Gasteiger partial charge in [0, 0.05) is 32.7 Å². The van der Waals surface area contributed by atoms with Crippen LogP contribution in [0, 0.1) is 16.7 Å². The minimum atomic E-state index is 0.0222. The highest BCUT2D eigenvalue weighted by Crippen LogP contribution is 2.40. The van der Waals surface area contributed by atoms with Crippen LogP contribution in [0.15, 0.2) is 0 Å². The van der Waals surface area contributed by atoms with Crippen molar-refractivity contribution < 1.29 is 0 Å². The fourth-order valence-corrected chi connectivity index (χ4v) is 2.60. The van der Waals surface area contributed by atoms with Crippen LogP contribution >= 0.6 is 0 Å². The lowest BCUT2D eigenvalue weighted by molar-refractivity contribution is 0.0740. The molecule has 0 atom stereocenters. The summed E-state index contributed by atoms with van der Waals surface area (Å²) in [5.74, 6) is 0. The smallest absolute Gasteiger partial charge is 0.0703 e. The molecule has 0 amide bonds. The lowest BCUT2D eigenvalue weighted by Gasteiger charge is -2.42. The summed E-state index contributed by atoms with van der Waals surface area (Å²) in [5, 5.41) is 9.18. The van der Waals surface area contributed by atoms with Gasteiger partial charge in [0.25, 0.3) is 0 Å².